The van der Waals surface area contributed by atoms with Gasteiger partial charge in [-0.05, 0) is 62.7 Å². The van der Waals surface area contributed by atoms with Gasteiger partial charge in [-0.25, -0.2) is 0 Å². The van der Waals surface area contributed by atoms with Crippen LogP contribution in [0.1, 0.15) is 26.3 Å². The fourth-order valence-corrected chi connectivity index (χ4v) is 3.94. The Morgan fingerprint density at radius 1 is 0.786 bits per heavy atom. The van der Waals surface area contributed by atoms with Crippen molar-refractivity contribution in [1.82, 2.24) is 0 Å². The minimum atomic E-state index is -0.247. The first-order chi connectivity index (χ1) is 13.5. The third kappa shape index (κ3) is 6.25. The molecule has 3 nitrogen and oxygen atoms in total. The summed E-state index contributed by atoms with van der Waals surface area (Å²) in [5.74, 6) is 2.56. The highest BCUT2D eigenvalue weighted by molar-refractivity contribution is 6.56. The lowest BCUT2D eigenvalue weighted by atomic mass is 10.2. The number of rotatable bonds is 9. The third-order valence-corrected chi connectivity index (χ3v) is 5.46. The molecule has 2 radical (unpaired) electrons. The van der Waals surface area contributed by atoms with E-state index in [1.807, 2.05) is 67.6 Å². The molecule has 0 spiro atoms. The summed E-state index contributed by atoms with van der Waals surface area (Å²) in [4.78, 5) is 0. The van der Waals surface area contributed by atoms with Gasteiger partial charge in [-0.15, -0.1) is 0 Å². The molecule has 0 N–H and O–H groups in total. The molecule has 0 aliphatic heterocycles. The van der Waals surface area contributed by atoms with E-state index in [0.29, 0.717) is 22.7 Å². The molecule has 0 aliphatic carbocycles. The molecule has 0 amide bonds. The lowest BCUT2D eigenvalue weighted by molar-refractivity contribution is 0.0310. The number of hydrogen-bond acceptors (Lipinski definition) is 3. The van der Waals surface area contributed by atoms with E-state index in [4.69, 9.17) is 14.2 Å². The molecule has 0 unspecified atom stereocenters. The van der Waals surface area contributed by atoms with Crippen LogP contribution in [0.2, 0.25) is 0 Å². The summed E-state index contributed by atoms with van der Waals surface area (Å²) in [5.41, 5.74) is 1.10. The molecule has 3 aromatic rings. The van der Waals surface area contributed by atoms with Crippen LogP contribution in [0.3, 0.4) is 0 Å². The van der Waals surface area contributed by atoms with E-state index in [2.05, 4.69) is 32.0 Å². The first-order valence-corrected chi connectivity index (χ1v) is 10.5. The Bertz CT molecular complexity index is 861. The first-order valence-electron chi connectivity index (χ1n) is 9.51. The largest absolute Gasteiger partial charge is 0.494 e. The van der Waals surface area contributed by atoms with Crippen molar-refractivity contribution in [3.8, 4) is 17.2 Å². The van der Waals surface area contributed by atoms with Gasteiger partial charge in [-0.1, -0.05) is 47.7 Å². The quantitative estimate of drug-likeness (QED) is 0.472. The zero-order chi connectivity index (χ0) is 19.8. The van der Waals surface area contributed by atoms with Crippen molar-refractivity contribution in [2.24, 2.45) is 0 Å². The molecule has 144 valence electrons. The predicted octanol–water partition coefficient (Wildman–Crippen LogP) is 5.16. The zero-order valence-corrected chi connectivity index (χ0v) is 17.6. The minimum Gasteiger partial charge on any atom is -0.494 e. The smallest absolute Gasteiger partial charge is 0.127 e. The summed E-state index contributed by atoms with van der Waals surface area (Å²) in [6.07, 6.45) is 0. The third-order valence-electron chi connectivity index (χ3n) is 4.09. The van der Waals surface area contributed by atoms with E-state index in [1.165, 1.54) is 5.19 Å². The van der Waals surface area contributed by atoms with E-state index in [1.54, 1.807) is 0 Å². The maximum Gasteiger partial charge on any atom is 0.127 e. The Labute approximate surface area is 170 Å². The normalized spacial score (nSPS) is 11.2. The lowest BCUT2D eigenvalue weighted by Crippen LogP contribution is -2.39. The molecule has 0 aromatic heterocycles. The van der Waals surface area contributed by atoms with Crippen LogP contribution in [0.25, 0.3) is 0 Å². The second-order valence-corrected chi connectivity index (χ2v) is 8.98. The van der Waals surface area contributed by atoms with Crippen LogP contribution in [0.15, 0.2) is 78.9 Å². The highest BCUT2D eigenvalue weighted by Gasteiger charge is 2.20. The summed E-state index contributed by atoms with van der Waals surface area (Å²) in [6, 6.07) is 26.1. The van der Waals surface area contributed by atoms with Crippen LogP contribution in [-0.2, 0) is 11.3 Å². The van der Waals surface area contributed by atoms with Crippen LogP contribution >= 0.6 is 0 Å². The van der Waals surface area contributed by atoms with Gasteiger partial charge >= 0.3 is 0 Å². The molecule has 4 heteroatoms. The van der Waals surface area contributed by atoms with E-state index in [9.17, 15) is 0 Å². The Balaban J connectivity index is 1.57. The van der Waals surface area contributed by atoms with Crippen LogP contribution in [0, 0.1) is 0 Å². The van der Waals surface area contributed by atoms with Crippen LogP contribution < -0.4 is 14.7 Å². The average Bonchev–Trinajstić information content (AvgIpc) is 2.69. The predicted molar refractivity (Wildman–Crippen MR) is 115 cm³/mol. The van der Waals surface area contributed by atoms with Gasteiger partial charge in [0.2, 0.25) is 0 Å². The molecule has 0 aliphatic rings. The molecular weight excluding hydrogens is 364 g/mol. The van der Waals surface area contributed by atoms with E-state index in [0.717, 1.165) is 22.8 Å². The summed E-state index contributed by atoms with van der Waals surface area (Å²) >= 11 is 0. The van der Waals surface area contributed by atoms with Gasteiger partial charge in [0, 0.05) is 0 Å². The van der Waals surface area contributed by atoms with Gasteiger partial charge in [-0.2, -0.15) is 0 Å². The van der Waals surface area contributed by atoms with E-state index >= 15 is 0 Å². The number of benzene rings is 3. The molecule has 0 saturated heterocycles. The summed E-state index contributed by atoms with van der Waals surface area (Å²) in [6.45, 7) is 7.48. The Kier molecular flexibility index (Phi) is 6.90. The molecule has 0 heterocycles. The highest BCUT2D eigenvalue weighted by Crippen LogP contribution is 2.23. The summed E-state index contributed by atoms with van der Waals surface area (Å²) in [5, 5.41) is 1.01. The van der Waals surface area contributed by atoms with Crippen LogP contribution in [0.4, 0.5) is 0 Å². The Morgan fingerprint density at radius 2 is 1.50 bits per heavy atom. The van der Waals surface area contributed by atoms with E-state index < -0.39 is 0 Å². The van der Waals surface area contributed by atoms with Crippen molar-refractivity contribution < 1.29 is 14.2 Å². The Hall–Kier alpha value is -2.56. The summed E-state index contributed by atoms with van der Waals surface area (Å²) in [7, 11) is 0.547. The van der Waals surface area contributed by atoms with Gasteiger partial charge in [0.15, 0.2) is 0 Å². The van der Waals surface area contributed by atoms with Crippen molar-refractivity contribution in [1.29, 1.82) is 0 Å². The molecule has 0 fully saturated rings. The molecule has 28 heavy (non-hydrogen) atoms. The van der Waals surface area contributed by atoms with Gasteiger partial charge in [0.1, 0.15) is 26.8 Å². The van der Waals surface area contributed by atoms with Gasteiger partial charge < -0.3 is 14.2 Å². The molecule has 3 rings (SSSR count). The van der Waals surface area contributed by atoms with Crippen molar-refractivity contribution >= 4 is 14.7 Å². The fraction of sp³-hybridized carbons (Fsp3) is 0.250. The monoisotopic (exact) mass is 390 g/mol. The fourth-order valence-electron chi connectivity index (χ4n) is 2.77. The Morgan fingerprint density at radius 3 is 2.21 bits per heavy atom. The standard InChI is InChI=1S/C24H26O3Si/c1-4-25-20-13-15-23(16-14-20)28-24(2,3)26-18-19-9-8-12-22(17-19)27-21-10-6-5-7-11-21/h5-17H,4,18H2,1-3H3. The molecule has 0 bridgehead atoms. The van der Waals surface area contributed by atoms with E-state index in [-0.39, 0.29) is 5.22 Å². The SMILES string of the molecule is CCOc1ccc([Si]C(C)(C)OCc2cccc(Oc3ccccc3)c2)cc1. The number of ether oxygens (including phenoxy) is 3. The molecule has 3 aromatic carbocycles. The molecule has 0 saturated carbocycles. The van der Waals surface area contributed by atoms with Crippen LogP contribution in [0.5, 0.6) is 17.2 Å². The first kappa shape index (κ1) is 20.2. The topological polar surface area (TPSA) is 27.7 Å². The van der Waals surface area contributed by atoms with Crippen molar-refractivity contribution in [3.63, 3.8) is 0 Å². The molecular formula is C24H26O3Si. The van der Waals surface area contributed by atoms with Crippen molar-refractivity contribution in [2.75, 3.05) is 6.61 Å². The zero-order valence-electron chi connectivity index (χ0n) is 16.6. The second-order valence-electron chi connectivity index (χ2n) is 6.94. The minimum absolute atomic E-state index is 0.247. The van der Waals surface area contributed by atoms with Gasteiger partial charge in [0.25, 0.3) is 0 Å². The molecule has 0 atom stereocenters. The van der Waals surface area contributed by atoms with Gasteiger partial charge in [-0.3, -0.25) is 0 Å². The van der Waals surface area contributed by atoms with Crippen LogP contribution in [-0.4, -0.2) is 21.4 Å². The average molecular weight is 391 g/mol. The van der Waals surface area contributed by atoms with Crippen molar-refractivity contribution in [2.45, 2.75) is 32.6 Å². The lowest BCUT2D eigenvalue weighted by Gasteiger charge is -2.25. The highest BCUT2D eigenvalue weighted by atomic mass is 28.2. The maximum absolute atomic E-state index is 6.23. The number of hydrogen-bond donors (Lipinski definition) is 0. The van der Waals surface area contributed by atoms with Gasteiger partial charge in [0.05, 0.1) is 18.4 Å². The maximum atomic E-state index is 6.23. The number of para-hydroxylation sites is 1. The summed E-state index contributed by atoms with van der Waals surface area (Å²) < 4.78 is 17.6. The second kappa shape index (κ2) is 9.58. The van der Waals surface area contributed by atoms with Crippen molar-refractivity contribution in [3.05, 3.63) is 84.4 Å².